The van der Waals surface area contributed by atoms with E-state index >= 15 is 0 Å². The summed E-state index contributed by atoms with van der Waals surface area (Å²) < 4.78 is 1.24. The van der Waals surface area contributed by atoms with Crippen LogP contribution in [-0.2, 0) is 5.41 Å². The van der Waals surface area contributed by atoms with E-state index in [0.717, 1.165) is 5.75 Å². The first kappa shape index (κ1) is 9.60. The molecule has 0 bridgehead atoms. The van der Waals surface area contributed by atoms with Crippen molar-refractivity contribution >= 4 is 28.6 Å². The molecular formula is C11H13BrS. The van der Waals surface area contributed by atoms with Crippen LogP contribution in [0.25, 0.3) is 0 Å². The highest BCUT2D eigenvalue weighted by Crippen LogP contribution is 2.46. The third-order valence-corrected chi connectivity index (χ3v) is 4.36. The van der Waals surface area contributed by atoms with Gasteiger partial charge in [-0.15, -0.1) is 0 Å². The lowest BCUT2D eigenvalue weighted by Gasteiger charge is -2.42. The first-order chi connectivity index (χ1) is 6.28. The predicted octanol–water partition coefficient (Wildman–Crippen LogP) is 3.80. The summed E-state index contributed by atoms with van der Waals surface area (Å²) in [6.45, 7) is 0. The van der Waals surface area contributed by atoms with Crippen molar-refractivity contribution in [3.8, 4) is 0 Å². The fourth-order valence-electron chi connectivity index (χ4n) is 2.01. The van der Waals surface area contributed by atoms with Gasteiger partial charge in [0, 0.05) is 9.89 Å². The average molecular weight is 257 g/mol. The minimum Gasteiger partial charge on any atom is -0.178 e. The summed E-state index contributed by atoms with van der Waals surface area (Å²) in [4.78, 5) is 0. The van der Waals surface area contributed by atoms with Crippen LogP contribution in [0.15, 0.2) is 28.7 Å². The molecule has 0 spiro atoms. The van der Waals surface area contributed by atoms with Gasteiger partial charge in [0.15, 0.2) is 0 Å². The van der Waals surface area contributed by atoms with E-state index in [2.05, 4.69) is 52.8 Å². The van der Waals surface area contributed by atoms with Crippen LogP contribution in [0.3, 0.4) is 0 Å². The van der Waals surface area contributed by atoms with E-state index in [9.17, 15) is 0 Å². The van der Waals surface area contributed by atoms with Crippen LogP contribution < -0.4 is 0 Å². The van der Waals surface area contributed by atoms with Crippen molar-refractivity contribution in [3.63, 3.8) is 0 Å². The SMILES string of the molecule is SCC1(c2ccccc2Br)CCC1. The average Bonchev–Trinajstić information content (AvgIpc) is 2.07. The molecule has 1 fully saturated rings. The summed E-state index contributed by atoms with van der Waals surface area (Å²) in [5.41, 5.74) is 1.81. The molecule has 1 aliphatic carbocycles. The topological polar surface area (TPSA) is 0 Å². The molecule has 2 heteroatoms. The standard InChI is InChI=1S/C11H13BrS/c12-10-5-2-1-4-9(10)11(8-13)6-3-7-11/h1-2,4-5,13H,3,6-8H2. The summed E-state index contributed by atoms with van der Waals surface area (Å²) in [5.74, 6) is 0.968. The van der Waals surface area contributed by atoms with E-state index in [1.165, 1.54) is 29.3 Å². The third kappa shape index (κ3) is 1.55. The van der Waals surface area contributed by atoms with Gasteiger partial charge in [-0.25, -0.2) is 0 Å². The van der Waals surface area contributed by atoms with Crippen molar-refractivity contribution < 1.29 is 0 Å². The Bertz CT molecular complexity index is 299. The van der Waals surface area contributed by atoms with Crippen molar-refractivity contribution in [2.75, 3.05) is 5.75 Å². The molecule has 1 aromatic carbocycles. The van der Waals surface area contributed by atoms with Gasteiger partial charge in [-0.3, -0.25) is 0 Å². The molecule has 0 saturated heterocycles. The zero-order chi connectivity index (χ0) is 9.31. The molecule has 1 aromatic rings. The van der Waals surface area contributed by atoms with Crippen molar-refractivity contribution in [2.24, 2.45) is 0 Å². The highest BCUT2D eigenvalue weighted by atomic mass is 79.9. The molecule has 70 valence electrons. The quantitative estimate of drug-likeness (QED) is 0.765. The van der Waals surface area contributed by atoms with Gasteiger partial charge in [0.25, 0.3) is 0 Å². The molecule has 1 aliphatic rings. The minimum absolute atomic E-state index is 0.364. The van der Waals surface area contributed by atoms with Crippen molar-refractivity contribution in [1.29, 1.82) is 0 Å². The van der Waals surface area contributed by atoms with E-state index in [4.69, 9.17) is 0 Å². The highest BCUT2D eigenvalue weighted by molar-refractivity contribution is 9.10. The summed E-state index contributed by atoms with van der Waals surface area (Å²) in [6, 6.07) is 8.53. The lowest BCUT2D eigenvalue weighted by molar-refractivity contribution is 0.278. The Hall–Kier alpha value is 0.0500. The molecule has 0 radical (unpaired) electrons. The zero-order valence-electron chi connectivity index (χ0n) is 7.46. The first-order valence-electron chi connectivity index (χ1n) is 4.64. The fourth-order valence-corrected chi connectivity index (χ4v) is 3.20. The van der Waals surface area contributed by atoms with Crippen LogP contribution in [0, 0.1) is 0 Å². The molecule has 0 aromatic heterocycles. The molecule has 0 amide bonds. The molecule has 0 N–H and O–H groups in total. The lowest BCUT2D eigenvalue weighted by atomic mass is 9.66. The molecule has 1 saturated carbocycles. The monoisotopic (exact) mass is 256 g/mol. The minimum atomic E-state index is 0.364. The van der Waals surface area contributed by atoms with E-state index in [0.29, 0.717) is 5.41 Å². The van der Waals surface area contributed by atoms with Gasteiger partial charge in [-0.05, 0) is 30.2 Å². The van der Waals surface area contributed by atoms with Gasteiger partial charge in [0.1, 0.15) is 0 Å². The summed E-state index contributed by atoms with van der Waals surface area (Å²) >= 11 is 8.08. The molecule has 2 rings (SSSR count). The number of benzene rings is 1. The number of thiol groups is 1. The summed E-state index contributed by atoms with van der Waals surface area (Å²) in [5, 5.41) is 0. The number of halogens is 1. The van der Waals surface area contributed by atoms with Gasteiger partial charge < -0.3 is 0 Å². The maximum absolute atomic E-state index is 4.47. The van der Waals surface area contributed by atoms with Crippen LogP contribution in [0.1, 0.15) is 24.8 Å². The molecule has 0 nitrogen and oxygen atoms in total. The maximum Gasteiger partial charge on any atom is 0.0213 e. The van der Waals surface area contributed by atoms with Crippen LogP contribution in [0.2, 0.25) is 0 Å². The maximum atomic E-state index is 4.47. The van der Waals surface area contributed by atoms with E-state index < -0.39 is 0 Å². The second-order valence-corrected chi connectivity index (χ2v) is 4.94. The van der Waals surface area contributed by atoms with Crippen LogP contribution in [0.4, 0.5) is 0 Å². The number of hydrogen-bond acceptors (Lipinski definition) is 1. The lowest BCUT2D eigenvalue weighted by Crippen LogP contribution is -2.36. The zero-order valence-corrected chi connectivity index (χ0v) is 9.94. The van der Waals surface area contributed by atoms with E-state index in [1.807, 2.05) is 0 Å². The largest absolute Gasteiger partial charge is 0.178 e. The molecular weight excluding hydrogens is 244 g/mol. The van der Waals surface area contributed by atoms with E-state index in [-0.39, 0.29) is 0 Å². The molecule has 0 heterocycles. The van der Waals surface area contributed by atoms with Crippen molar-refractivity contribution in [3.05, 3.63) is 34.3 Å². The smallest absolute Gasteiger partial charge is 0.0213 e. The first-order valence-corrected chi connectivity index (χ1v) is 6.07. The second-order valence-electron chi connectivity index (χ2n) is 3.77. The van der Waals surface area contributed by atoms with E-state index in [1.54, 1.807) is 0 Å². The van der Waals surface area contributed by atoms with Gasteiger partial charge in [-0.1, -0.05) is 40.5 Å². The number of rotatable bonds is 2. The van der Waals surface area contributed by atoms with Crippen molar-refractivity contribution in [2.45, 2.75) is 24.7 Å². The second kappa shape index (κ2) is 3.66. The Morgan fingerprint density at radius 3 is 2.46 bits per heavy atom. The van der Waals surface area contributed by atoms with Crippen LogP contribution in [0.5, 0.6) is 0 Å². The van der Waals surface area contributed by atoms with Crippen LogP contribution in [-0.4, -0.2) is 5.75 Å². The summed E-state index contributed by atoms with van der Waals surface area (Å²) in [7, 11) is 0. The van der Waals surface area contributed by atoms with Gasteiger partial charge in [0.2, 0.25) is 0 Å². The third-order valence-electron chi connectivity index (χ3n) is 3.06. The Balaban J connectivity index is 2.38. The normalized spacial score (nSPS) is 19.5. The predicted molar refractivity (Wildman–Crippen MR) is 63.5 cm³/mol. The Morgan fingerprint density at radius 2 is 2.00 bits per heavy atom. The molecule has 0 atom stereocenters. The highest BCUT2D eigenvalue weighted by Gasteiger charge is 2.38. The summed E-state index contributed by atoms with van der Waals surface area (Å²) in [6.07, 6.45) is 3.93. The number of hydrogen-bond donors (Lipinski definition) is 1. The molecule has 0 unspecified atom stereocenters. The van der Waals surface area contributed by atoms with Crippen LogP contribution >= 0.6 is 28.6 Å². The Kier molecular flexibility index (Phi) is 2.70. The van der Waals surface area contributed by atoms with Crippen molar-refractivity contribution in [1.82, 2.24) is 0 Å². The fraction of sp³-hybridized carbons (Fsp3) is 0.455. The molecule has 13 heavy (non-hydrogen) atoms. The van der Waals surface area contributed by atoms with Gasteiger partial charge in [0.05, 0.1) is 0 Å². The molecule has 0 aliphatic heterocycles. The van der Waals surface area contributed by atoms with Gasteiger partial charge in [-0.2, -0.15) is 12.6 Å². The van der Waals surface area contributed by atoms with Gasteiger partial charge >= 0.3 is 0 Å². The Labute approximate surface area is 93.3 Å². The Morgan fingerprint density at radius 1 is 1.31 bits per heavy atom.